The highest BCUT2D eigenvalue weighted by molar-refractivity contribution is 7.99. The molecule has 2 fully saturated rings. The molecular weight excluding hydrogens is 412 g/mol. The fourth-order valence-electron chi connectivity index (χ4n) is 3.51. The number of rotatable bonds is 7. The second-order valence-electron chi connectivity index (χ2n) is 7.89. The van der Waals surface area contributed by atoms with Gasteiger partial charge in [-0.3, -0.25) is 10.2 Å². The van der Waals surface area contributed by atoms with Crippen LogP contribution in [0.2, 0.25) is 0 Å². The highest BCUT2D eigenvalue weighted by Gasteiger charge is 2.29. The van der Waals surface area contributed by atoms with Gasteiger partial charge in [0, 0.05) is 61.4 Å². The number of nitrogens with zero attached hydrogens (tertiary/aromatic N) is 4. The summed E-state index contributed by atoms with van der Waals surface area (Å²) in [6.07, 6.45) is 4.70. The summed E-state index contributed by atoms with van der Waals surface area (Å²) in [4.78, 5) is 24.8. The minimum absolute atomic E-state index is 0.0398. The van der Waals surface area contributed by atoms with Crippen molar-refractivity contribution in [1.29, 1.82) is 0 Å². The summed E-state index contributed by atoms with van der Waals surface area (Å²) in [5, 5.41) is 14.5. The summed E-state index contributed by atoms with van der Waals surface area (Å²) in [7, 11) is 0. The van der Waals surface area contributed by atoms with Crippen LogP contribution in [0.5, 0.6) is 0 Å². The van der Waals surface area contributed by atoms with E-state index >= 15 is 0 Å². The predicted octanol–water partition coefficient (Wildman–Crippen LogP) is 2.10. The lowest BCUT2D eigenvalue weighted by Crippen LogP contribution is -2.44. The van der Waals surface area contributed by atoms with E-state index in [1.807, 2.05) is 36.5 Å². The Kier molecular flexibility index (Phi) is 5.90. The van der Waals surface area contributed by atoms with Gasteiger partial charge in [-0.15, -0.1) is 0 Å². The summed E-state index contributed by atoms with van der Waals surface area (Å²) in [5.74, 6) is 2.02. The summed E-state index contributed by atoms with van der Waals surface area (Å²) >= 11 is 1.52. The van der Waals surface area contributed by atoms with Crippen LogP contribution in [-0.4, -0.2) is 54.4 Å². The Balaban J connectivity index is 1.32. The Morgan fingerprint density at radius 3 is 2.65 bits per heavy atom. The normalized spacial score (nSPS) is 20.4. The number of carbonyl (C=O) groups is 1. The van der Waals surface area contributed by atoms with Crippen LogP contribution in [-0.2, 0) is 4.79 Å². The highest BCUT2D eigenvalue weighted by atomic mass is 32.2. The summed E-state index contributed by atoms with van der Waals surface area (Å²) in [6, 6.07) is 9.86. The van der Waals surface area contributed by atoms with Crippen molar-refractivity contribution in [3.63, 3.8) is 0 Å². The minimum Gasteiger partial charge on any atom is -0.354 e. The standard InChI is InChI=1S/C21H26N8OS/c30-20(14-1-2-14)24-15-3-5-16(6-4-15)31-21-26-18(25-17-7-8-23-28-17)13-19(27-21)29-11-9-22-10-12-29/h3-6,8,13-14,17,22,28H,1-2,7,9-12H2,(H,24,30)(H,25,26,27). The second kappa shape index (κ2) is 9.11. The Hall–Kier alpha value is -2.85. The Morgan fingerprint density at radius 1 is 1.13 bits per heavy atom. The molecule has 5 rings (SSSR count). The first kappa shape index (κ1) is 20.1. The van der Waals surface area contributed by atoms with Crippen LogP contribution in [0.15, 0.2) is 45.5 Å². The largest absolute Gasteiger partial charge is 0.354 e. The molecule has 0 bridgehead atoms. The molecule has 162 valence electrons. The molecule has 10 heteroatoms. The Morgan fingerprint density at radius 2 is 1.94 bits per heavy atom. The van der Waals surface area contributed by atoms with Crippen molar-refractivity contribution < 1.29 is 4.79 Å². The van der Waals surface area contributed by atoms with Crippen molar-refractivity contribution in [3.05, 3.63) is 30.3 Å². The van der Waals surface area contributed by atoms with Gasteiger partial charge in [-0.25, -0.2) is 9.97 Å². The molecule has 1 aliphatic carbocycles. The number of benzene rings is 1. The van der Waals surface area contributed by atoms with Gasteiger partial charge in [-0.2, -0.15) is 5.10 Å². The third kappa shape index (κ3) is 5.26. The average Bonchev–Trinajstić information content (AvgIpc) is 3.53. The van der Waals surface area contributed by atoms with E-state index in [1.54, 1.807) is 0 Å². The van der Waals surface area contributed by atoms with Gasteiger partial charge >= 0.3 is 0 Å². The Bertz CT molecular complexity index is 948. The third-order valence-corrected chi connectivity index (χ3v) is 6.27. The topological polar surface area (TPSA) is 107 Å². The van der Waals surface area contributed by atoms with Crippen molar-refractivity contribution in [3.8, 4) is 0 Å². The molecule has 1 aromatic heterocycles. The number of hydrogen-bond acceptors (Lipinski definition) is 9. The van der Waals surface area contributed by atoms with Crippen LogP contribution >= 0.6 is 11.8 Å². The van der Waals surface area contributed by atoms with E-state index in [4.69, 9.17) is 9.97 Å². The van der Waals surface area contributed by atoms with Crippen LogP contribution in [0.4, 0.5) is 17.3 Å². The molecule has 0 radical (unpaired) electrons. The SMILES string of the molecule is O=C(Nc1ccc(Sc2nc(NC3CC=NN3)cc(N3CCNCC3)n2)cc1)C1CC1. The minimum atomic E-state index is 0.0398. The molecule has 1 saturated carbocycles. The van der Waals surface area contributed by atoms with E-state index in [2.05, 4.69) is 31.4 Å². The maximum Gasteiger partial charge on any atom is 0.227 e. The summed E-state index contributed by atoms with van der Waals surface area (Å²) in [6.45, 7) is 3.73. The van der Waals surface area contributed by atoms with Gasteiger partial charge < -0.3 is 20.9 Å². The smallest absolute Gasteiger partial charge is 0.227 e. The number of amides is 1. The molecule has 0 spiro atoms. The lowest BCUT2D eigenvalue weighted by Gasteiger charge is -2.29. The van der Waals surface area contributed by atoms with Gasteiger partial charge in [0.2, 0.25) is 5.91 Å². The number of piperazine rings is 1. The summed E-state index contributed by atoms with van der Waals surface area (Å²) in [5.41, 5.74) is 3.87. The lowest BCUT2D eigenvalue weighted by molar-refractivity contribution is -0.117. The van der Waals surface area contributed by atoms with Crippen molar-refractivity contribution in [2.75, 3.05) is 41.7 Å². The lowest BCUT2D eigenvalue weighted by atomic mass is 10.3. The molecule has 1 aromatic carbocycles. The van der Waals surface area contributed by atoms with Crippen molar-refractivity contribution in [1.82, 2.24) is 20.7 Å². The number of carbonyl (C=O) groups excluding carboxylic acids is 1. The first-order valence-electron chi connectivity index (χ1n) is 10.7. The van der Waals surface area contributed by atoms with E-state index < -0.39 is 0 Å². The molecule has 2 aliphatic heterocycles. The van der Waals surface area contributed by atoms with Crippen LogP contribution in [0.1, 0.15) is 19.3 Å². The third-order valence-electron chi connectivity index (χ3n) is 5.40. The number of anilines is 3. The van der Waals surface area contributed by atoms with E-state index in [0.717, 1.165) is 67.7 Å². The molecule has 1 amide bonds. The molecule has 31 heavy (non-hydrogen) atoms. The van der Waals surface area contributed by atoms with E-state index in [9.17, 15) is 4.79 Å². The van der Waals surface area contributed by atoms with Crippen molar-refractivity contribution >= 4 is 41.2 Å². The molecule has 3 aliphatic rings. The zero-order valence-electron chi connectivity index (χ0n) is 17.2. The van der Waals surface area contributed by atoms with Crippen LogP contribution in [0, 0.1) is 5.92 Å². The number of nitrogens with one attached hydrogen (secondary N) is 4. The molecule has 4 N–H and O–H groups in total. The zero-order valence-corrected chi connectivity index (χ0v) is 18.0. The van der Waals surface area contributed by atoms with Gasteiger partial charge in [-0.05, 0) is 48.9 Å². The molecular formula is C21H26N8OS. The Labute approximate surface area is 185 Å². The van der Waals surface area contributed by atoms with E-state index in [0.29, 0.717) is 5.16 Å². The molecule has 3 heterocycles. The molecule has 1 atom stereocenters. The maximum absolute atomic E-state index is 12.0. The van der Waals surface area contributed by atoms with Crippen LogP contribution < -0.4 is 26.3 Å². The quantitative estimate of drug-likeness (QED) is 0.487. The zero-order chi connectivity index (χ0) is 21.0. The molecule has 1 saturated heterocycles. The monoisotopic (exact) mass is 438 g/mol. The number of hydrogen-bond donors (Lipinski definition) is 4. The number of aromatic nitrogens is 2. The van der Waals surface area contributed by atoms with Crippen LogP contribution in [0.25, 0.3) is 0 Å². The molecule has 9 nitrogen and oxygen atoms in total. The van der Waals surface area contributed by atoms with Crippen molar-refractivity contribution in [2.45, 2.75) is 35.5 Å². The molecule has 2 aromatic rings. The second-order valence-corrected chi connectivity index (χ2v) is 8.94. The number of hydrazone groups is 1. The molecule has 1 unspecified atom stereocenters. The van der Waals surface area contributed by atoms with Crippen molar-refractivity contribution in [2.24, 2.45) is 11.0 Å². The highest BCUT2D eigenvalue weighted by Crippen LogP contribution is 2.32. The van der Waals surface area contributed by atoms with Gasteiger partial charge in [0.25, 0.3) is 0 Å². The maximum atomic E-state index is 12.0. The van der Waals surface area contributed by atoms with Gasteiger partial charge in [-0.1, -0.05) is 0 Å². The van der Waals surface area contributed by atoms with Gasteiger partial charge in [0.05, 0.1) is 0 Å². The first-order valence-corrected chi connectivity index (χ1v) is 11.5. The fourth-order valence-corrected chi connectivity index (χ4v) is 4.28. The van der Waals surface area contributed by atoms with Gasteiger partial charge in [0.15, 0.2) is 5.16 Å². The first-order chi connectivity index (χ1) is 15.2. The summed E-state index contributed by atoms with van der Waals surface area (Å²) < 4.78 is 0. The predicted molar refractivity (Wildman–Crippen MR) is 123 cm³/mol. The van der Waals surface area contributed by atoms with Gasteiger partial charge in [0.1, 0.15) is 17.8 Å². The fraction of sp³-hybridized carbons (Fsp3) is 0.429. The van der Waals surface area contributed by atoms with Crippen LogP contribution in [0.3, 0.4) is 0 Å². The van der Waals surface area contributed by atoms with E-state index in [1.165, 1.54) is 11.8 Å². The van der Waals surface area contributed by atoms with E-state index in [-0.39, 0.29) is 18.0 Å². The average molecular weight is 439 g/mol.